The van der Waals surface area contributed by atoms with Crippen molar-refractivity contribution in [2.45, 2.75) is 38.9 Å². The van der Waals surface area contributed by atoms with Crippen LogP contribution in [0.1, 0.15) is 37.9 Å². The molecule has 0 bridgehead atoms. The van der Waals surface area contributed by atoms with E-state index in [4.69, 9.17) is 14.7 Å². The highest BCUT2D eigenvalue weighted by Gasteiger charge is 2.26. The summed E-state index contributed by atoms with van der Waals surface area (Å²) in [6.07, 6.45) is 1.83. The molecule has 32 heavy (non-hydrogen) atoms. The summed E-state index contributed by atoms with van der Waals surface area (Å²) in [6, 6.07) is 6.82. The maximum atomic E-state index is 14.0. The van der Waals surface area contributed by atoms with Crippen LogP contribution in [0.3, 0.4) is 0 Å². The fourth-order valence-corrected chi connectivity index (χ4v) is 3.28. The van der Waals surface area contributed by atoms with Crippen LogP contribution in [0.25, 0.3) is 5.69 Å². The molecule has 1 amide bonds. The highest BCUT2D eigenvalue weighted by atomic mass is 19.1. The third-order valence-electron chi connectivity index (χ3n) is 4.82. The van der Waals surface area contributed by atoms with Gasteiger partial charge in [-0.25, -0.2) is 9.18 Å². The predicted molar refractivity (Wildman–Crippen MR) is 115 cm³/mol. The Kier molecular flexibility index (Phi) is 7.20. The third kappa shape index (κ3) is 5.29. The average molecular weight is 441 g/mol. The number of aliphatic imine (C=N–C) groups is 1. The molecule has 0 aliphatic carbocycles. The molecule has 0 spiro atoms. The lowest BCUT2D eigenvalue weighted by molar-refractivity contribution is 0.0515. The van der Waals surface area contributed by atoms with E-state index in [-0.39, 0.29) is 35.3 Å². The number of nitrogens with zero attached hydrogens (tertiary/aromatic N) is 5. The van der Waals surface area contributed by atoms with E-state index in [1.54, 1.807) is 31.9 Å². The zero-order valence-corrected chi connectivity index (χ0v) is 18.1. The van der Waals surface area contributed by atoms with E-state index >= 15 is 0 Å². The number of carbonyl (C=O) groups is 1. The van der Waals surface area contributed by atoms with E-state index < -0.39 is 11.4 Å². The van der Waals surface area contributed by atoms with Crippen molar-refractivity contribution < 1.29 is 18.7 Å². The molecule has 1 aromatic heterocycles. The summed E-state index contributed by atoms with van der Waals surface area (Å²) >= 11 is 0. The number of halogens is 1. The number of rotatable bonds is 5. The van der Waals surface area contributed by atoms with Crippen molar-refractivity contribution in [3.05, 3.63) is 51.7 Å². The zero-order valence-electron chi connectivity index (χ0n) is 18.1. The molecule has 2 aromatic rings. The van der Waals surface area contributed by atoms with Gasteiger partial charge in [-0.15, -0.1) is 0 Å². The molecule has 0 unspecified atom stereocenters. The molecule has 9 nitrogen and oxygen atoms in total. The highest BCUT2D eigenvalue weighted by molar-refractivity contribution is 5.80. The number of benzene rings is 1. The van der Waals surface area contributed by atoms with Gasteiger partial charge in [0.1, 0.15) is 23.7 Å². The molecule has 168 valence electrons. The molecule has 1 saturated heterocycles. The van der Waals surface area contributed by atoms with Crippen molar-refractivity contribution in [2.24, 2.45) is 4.99 Å². The Morgan fingerprint density at radius 1 is 1.34 bits per heavy atom. The second-order valence-corrected chi connectivity index (χ2v) is 7.54. The molecule has 0 atom stereocenters. The van der Waals surface area contributed by atoms with Crippen LogP contribution in [0.15, 0.2) is 34.1 Å². The minimum Gasteiger partial charge on any atom is -0.488 e. The van der Waals surface area contributed by atoms with E-state index in [9.17, 15) is 14.0 Å². The minimum absolute atomic E-state index is 0.124. The van der Waals surface area contributed by atoms with Crippen LogP contribution in [0.4, 0.5) is 9.18 Å². The van der Waals surface area contributed by atoms with Gasteiger partial charge in [0, 0.05) is 45.1 Å². The Hall–Kier alpha value is -3.74. The van der Waals surface area contributed by atoms with E-state index in [2.05, 4.69) is 10.1 Å². The largest absolute Gasteiger partial charge is 0.488 e. The summed E-state index contributed by atoms with van der Waals surface area (Å²) in [7, 11) is 1.56. The van der Waals surface area contributed by atoms with Gasteiger partial charge in [0.2, 0.25) is 0 Å². The first kappa shape index (κ1) is 22.9. The molecule has 1 fully saturated rings. The van der Waals surface area contributed by atoms with Crippen molar-refractivity contribution in [1.29, 1.82) is 5.26 Å². The first-order valence-corrected chi connectivity index (χ1v) is 10.2. The number of aromatic nitrogens is 2. The molecule has 1 aliphatic rings. The molecule has 0 N–H and O–H groups in total. The van der Waals surface area contributed by atoms with Gasteiger partial charge in [0.05, 0.1) is 23.6 Å². The van der Waals surface area contributed by atoms with Crippen LogP contribution < -0.4 is 10.3 Å². The summed E-state index contributed by atoms with van der Waals surface area (Å²) in [6.45, 7) is 4.54. The van der Waals surface area contributed by atoms with Gasteiger partial charge in [-0.05, 0) is 26.0 Å². The lowest BCUT2D eigenvalue weighted by Gasteiger charge is -2.32. The van der Waals surface area contributed by atoms with E-state index in [1.165, 1.54) is 24.4 Å². The number of likely N-dealkylation sites (tertiary alicyclic amines) is 1. The topological polar surface area (TPSA) is 110 Å². The minimum atomic E-state index is -0.743. The summed E-state index contributed by atoms with van der Waals surface area (Å²) in [5, 5.41) is 13.2. The predicted octanol–water partition coefficient (Wildman–Crippen LogP) is 2.68. The van der Waals surface area contributed by atoms with Crippen LogP contribution in [0.2, 0.25) is 0 Å². The molecule has 1 aromatic carbocycles. The SMILES string of the molecule is CN=Cc1nn(-c2ccc(C#N)c(F)c2)c(=O)cc1OC1CCN(C(=O)OC(C)C)CC1. The van der Waals surface area contributed by atoms with Crippen LogP contribution in [0.5, 0.6) is 5.75 Å². The lowest BCUT2D eigenvalue weighted by atomic mass is 10.1. The number of amides is 1. The Labute approximate surface area is 184 Å². The zero-order chi connectivity index (χ0) is 23.3. The normalized spacial score (nSPS) is 14.6. The van der Waals surface area contributed by atoms with Gasteiger partial charge in [-0.2, -0.15) is 15.0 Å². The Bertz CT molecular complexity index is 1110. The van der Waals surface area contributed by atoms with Gasteiger partial charge in [-0.3, -0.25) is 9.79 Å². The van der Waals surface area contributed by atoms with Crippen LogP contribution in [-0.4, -0.2) is 59.3 Å². The third-order valence-corrected chi connectivity index (χ3v) is 4.82. The summed E-state index contributed by atoms with van der Waals surface area (Å²) in [5.74, 6) is -0.485. The molecule has 0 radical (unpaired) electrons. The van der Waals surface area contributed by atoms with Gasteiger partial charge in [-0.1, -0.05) is 0 Å². The number of nitriles is 1. The molecule has 0 saturated carbocycles. The number of piperidine rings is 1. The standard InChI is InChI=1S/C22H24FN5O4/c1-14(2)31-22(30)27-8-6-17(7-9-27)32-20-11-21(29)28(26-19(20)13-25-3)16-5-4-15(12-24)18(23)10-16/h4-5,10-11,13-14,17H,6-9H2,1-3H3. The van der Waals surface area contributed by atoms with E-state index in [0.717, 1.165) is 10.7 Å². The van der Waals surface area contributed by atoms with Crippen LogP contribution in [-0.2, 0) is 4.74 Å². The van der Waals surface area contributed by atoms with E-state index in [0.29, 0.717) is 31.6 Å². The second kappa shape index (κ2) is 10.0. The Morgan fingerprint density at radius 3 is 2.66 bits per heavy atom. The number of hydrogen-bond donors (Lipinski definition) is 0. The second-order valence-electron chi connectivity index (χ2n) is 7.54. The average Bonchev–Trinajstić information content (AvgIpc) is 2.75. The quantitative estimate of drug-likeness (QED) is 0.660. The molecular weight excluding hydrogens is 417 g/mol. The Morgan fingerprint density at radius 2 is 2.06 bits per heavy atom. The molecular formula is C22H24FN5O4. The summed E-state index contributed by atoms with van der Waals surface area (Å²) < 4.78 is 26.3. The fourth-order valence-electron chi connectivity index (χ4n) is 3.28. The van der Waals surface area contributed by atoms with E-state index in [1.807, 2.05) is 0 Å². The number of carbonyl (C=O) groups excluding carboxylic acids is 1. The van der Waals surface area contributed by atoms with Crippen molar-refractivity contribution in [1.82, 2.24) is 14.7 Å². The van der Waals surface area contributed by atoms with Crippen LogP contribution in [0, 0.1) is 17.1 Å². The molecule has 10 heteroatoms. The first-order valence-electron chi connectivity index (χ1n) is 10.2. The highest BCUT2D eigenvalue weighted by Crippen LogP contribution is 2.21. The fraction of sp³-hybridized carbons (Fsp3) is 0.409. The summed E-state index contributed by atoms with van der Waals surface area (Å²) in [4.78, 5) is 30.3. The van der Waals surface area contributed by atoms with Crippen molar-refractivity contribution >= 4 is 12.3 Å². The van der Waals surface area contributed by atoms with Crippen molar-refractivity contribution in [3.63, 3.8) is 0 Å². The smallest absolute Gasteiger partial charge is 0.410 e. The number of hydrogen-bond acceptors (Lipinski definition) is 7. The van der Waals surface area contributed by atoms with Crippen molar-refractivity contribution in [3.8, 4) is 17.5 Å². The monoisotopic (exact) mass is 441 g/mol. The maximum absolute atomic E-state index is 14.0. The maximum Gasteiger partial charge on any atom is 0.410 e. The lowest BCUT2D eigenvalue weighted by Crippen LogP contribution is -2.42. The Balaban J connectivity index is 1.79. The molecule has 2 heterocycles. The number of ether oxygens (including phenoxy) is 2. The molecule has 3 rings (SSSR count). The van der Waals surface area contributed by atoms with Gasteiger partial charge in [0.25, 0.3) is 5.56 Å². The molecule has 1 aliphatic heterocycles. The van der Waals surface area contributed by atoms with Gasteiger partial charge < -0.3 is 14.4 Å². The van der Waals surface area contributed by atoms with Gasteiger partial charge in [0.15, 0.2) is 5.75 Å². The van der Waals surface area contributed by atoms with Crippen LogP contribution >= 0.6 is 0 Å². The van der Waals surface area contributed by atoms with Gasteiger partial charge >= 0.3 is 6.09 Å². The summed E-state index contributed by atoms with van der Waals surface area (Å²) in [5.41, 5.74) is -0.157. The first-order chi connectivity index (χ1) is 15.3. The van der Waals surface area contributed by atoms with Crippen molar-refractivity contribution in [2.75, 3.05) is 20.1 Å².